The fourth-order valence-corrected chi connectivity index (χ4v) is 4.31. The van der Waals surface area contributed by atoms with Crippen molar-refractivity contribution in [2.24, 2.45) is 0 Å². The highest BCUT2D eigenvalue weighted by molar-refractivity contribution is 7.08. The van der Waals surface area contributed by atoms with Crippen molar-refractivity contribution < 1.29 is 4.79 Å². The summed E-state index contributed by atoms with van der Waals surface area (Å²) in [5, 5.41) is 7.45. The second-order valence-corrected chi connectivity index (χ2v) is 7.34. The Morgan fingerprint density at radius 1 is 1.16 bits per heavy atom. The number of halogens is 1. The minimum absolute atomic E-state index is 0. The largest absolute Gasteiger partial charge is 0.384 e. The molecule has 1 N–H and O–H groups in total. The highest BCUT2D eigenvalue weighted by Gasteiger charge is 2.22. The average molecular weight is 378 g/mol. The lowest BCUT2D eigenvalue weighted by molar-refractivity contribution is 0.0761. The zero-order valence-corrected chi connectivity index (χ0v) is 15.9. The number of nitrogens with zero attached hydrogens (tertiary/aromatic N) is 2. The van der Waals surface area contributed by atoms with E-state index in [1.807, 2.05) is 21.7 Å². The predicted octanol–water partition coefficient (Wildman–Crippen LogP) is 3.49. The number of rotatable bonds is 3. The van der Waals surface area contributed by atoms with Gasteiger partial charge in [-0.25, -0.2) is 0 Å². The zero-order valence-electron chi connectivity index (χ0n) is 14.2. The molecule has 4 nitrogen and oxygen atoms in total. The molecule has 0 saturated carbocycles. The third-order valence-electron chi connectivity index (χ3n) is 4.97. The minimum Gasteiger partial charge on any atom is -0.384 e. The van der Waals surface area contributed by atoms with Gasteiger partial charge in [-0.1, -0.05) is 18.2 Å². The van der Waals surface area contributed by atoms with E-state index in [-0.39, 0.29) is 18.3 Å². The van der Waals surface area contributed by atoms with E-state index in [9.17, 15) is 4.79 Å². The minimum atomic E-state index is 0. The molecule has 2 aliphatic rings. The van der Waals surface area contributed by atoms with Gasteiger partial charge in [0.25, 0.3) is 5.91 Å². The van der Waals surface area contributed by atoms with Crippen LogP contribution in [0.15, 0.2) is 35.0 Å². The molecule has 1 amide bonds. The predicted molar refractivity (Wildman–Crippen MR) is 106 cm³/mol. The van der Waals surface area contributed by atoms with Crippen LogP contribution in [-0.4, -0.2) is 48.4 Å². The molecule has 1 saturated heterocycles. The molecule has 1 fully saturated rings. The van der Waals surface area contributed by atoms with Crippen LogP contribution in [0, 0.1) is 0 Å². The molecule has 0 spiro atoms. The topological polar surface area (TPSA) is 35.6 Å². The summed E-state index contributed by atoms with van der Waals surface area (Å²) in [6.07, 6.45) is 2.17. The Kier molecular flexibility index (Phi) is 5.99. The number of anilines is 1. The maximum atomic E-state index is 12.5. The van der Waals surface area contributed by atoms with E-state index < -0.39 is 0 Å². The molecule has 0 aliphatic carbocycles. The van der Waals surface area contributed by atoms with E-state index >= 15 is 0 Å². The Morgan fingerprint density at radius 2 is 2.08 bits per heavy atom. The number of nitrogens with one attached hydrogen (secondary N) is 1. The number of fused-ring (bicyclic) bond motifs is 1. The lowest BCUT2D eigenvalue weighted by Crippen LogP contribution is -2.34. The number of para-hydroxylation sites is 1. The average Bonchev–Trinajstić information content (AvgIpc) is 3.24. The molecular weight excluding hydrogens is 354 g/mol. The van der Waals surface area contributed by atoms with E-state index in [1.165, 1.54) is 16.8 Å². The van der Waals surface area contributed by atoms with Crippen molar-refractivity contribution in [2.45, 2.75) is 19.4 Å². The molecule has 3 heterocycles. The van der Waals surface area contributed by atoms with Gasteiger partial charge in [-0.15, -0.1) is 12.4 Å². The van der Waals surface area contributed by atoms with Gasteiger partial charge in [0.15, 0.2) is 0 Å². The van der Waals surface area contributed by atoms with Crippen LogP contribution in [0.4, 0.5) is 5.69 Å². The van der Waals surface area contributed by atoms with Gasteiger partial charge in [0.05, 0.1) is 5.56 Å². The van der Waals surface area contributed by atoms with Crippen LogP contribution in [0.5, 0.6) is 0 Å². The van der Waals surface area contributed by atoms with E-state index in [0.29, 0.717) is 0 Å². The number of hydrogen-bond acceptors (Lipinski definition) is 4. The Balaban J connectivity index is 0.00000182. The summed E-state index contributed by atoms with van der Waals surface area (Å²) in [6.45, 7) is 5.69. The quantitative estimate of drug-likeness (QED) is 0.889. The van der Waals surface area contributed by atoms with Crippen LogP contribution in [0.1, 0.15) is 27.9 Å². The molecule has 1 aromatic carbocycles. The Hall–Kier alpha value is -1.56. The Labute approximate surface area is 159 Å². The van der Waals surface area contributed by atoms with Crippen LogP contribution in [0.25, 0.3) is 0 Å². The van der Waals surface area contributed by atoms with Gasteiger partial charge in [-0.3, -0.25) is 9.69 Å². The van der Waals surface area contributed by atoms with Gasteiger partial charge in [0, 0.05) is 50.3 Å². The van der Waals surface area contributed by atoms with Gasteiger partial charge in [0.1, 0.15) is 0 Å². The molecule has 0 atom stereocenters. The fourth-order valence-electron chi connectivity index (χ4n) is 3.68. The summed E-state index contributed by atoms with van der Waals surface area (Å²) in [4.78, 5) is 17.0. The summed E-state index contributed by atoms with van der Waals surface area (Å²) in [7, 11) is 0. The summed E-state index contributed by atoms with van der Waals surface area (Å²) >= 11 is 1.59. The highest BCUT2D eigenvalue weighted by atomic mass is 35.5. The fraction of sp³-hybridized carbons (Fsp3) is 0.421. The van der Waals surface area contributed by atoms with Crippen LogP contribution in [0.3, 0.4) is 0 Å². The first kappa shape index (κ1) is 18.2. The first-order valence-corrected chi connectivity index (χ1v) is 9.64. The Morgan fingerprint density at radius 3 is 2.92 bits per heavy atom. The standard InChI is InChI=1S/C19H23N3OS.ClH/c23-19(17-6-12-24-14-17)22-9-2-8-21(10-11-22)13-16-4-1-3-15-5-7-20-18(15)16;/h1,3-4,6,12,14,20H,2,5,7-11,13H2;1H. The highest BCUT2D eigenvalue weighted by Crippen LogP contribution is 2.27. The number of carbonyl (C=O) groups is 1. The van der Waals surface area contributed by atoms with Gasteiger partial charge in [0.2, 0.25) is 0 Å². The van der Waals surface area contributed by atoms with E-state index in [2.05, 4.69) is 28.4 Å². The van der Waals surface area contributed by atoms with E-state index in [0.717, 1.165) is 57.7 Å². The van der Waals surface area contributed by atoms with Gasteiger partial charge < -0.3 is 10.2 Å². The summed E-state index contributed by atoms with van der Waals surface area (Å²) in [6, 6.07) is 8.55. The van der Waals surface area contributed by atoms with Crippen LogP contribution < -0.4 is 5.32 Å². The van der Waals surface area contributed by atoms with Crippen molar-refractivity contribution in [2.75, 3.05) is 38.0 Å². The van der Waals surface area contributed by atoms with Crippen molar-refractivity contribution >= 4 is 35.3 Å². The van der Waals surface area contributed by atoms with Crippen molar-refractivity contribution in [3.05, 3.63) is 51.7 Å². The van der Waals surface area contributed by atoms with Crippen LogP contribution >= 0.6 is 23.7 Å². The van der Waals surface area contributed by atoms with Crippen molar-refractivity contribution in [1.29, 1.82) is 0 Å². The summed E-state index contributed by atoms with van der Waals surface area (Å²) < 4.78 is 0. The van der Waals surface area contributed by atoms with Gasteiger partial charge in [-0.05, 0) is 35.4 Å². The second-order valence-electron chi connectivity index (χ2n) is 6.56. The van der Waals surface area contributed by atoms with Crippen molar-refractivity contribution in [3.63, 3.8) is 0 Å². The molecule has 0 radical (unpaired) electrons. The third kappa shape index (κ3) is 4.00. The number of thiophene rings is 1. The van der Waals surface area contributed by atoms with E-state index in [1.54, 1.807) is 11.3 Å². The zero-order chi connectivity index (χ0) is 16.4. The molecule has 134 valence electrons. The normalized spacial score (nSPS) is 17.4. The first-order valence-electron chi connectivity index (χ1n) is 8.70. The number of amides is 1. The smallest absolute Gasteiger partial charge is 0.254 e. The molecule has 6 heteroatoms. The third-order valence-corrected chi connectivity index (χ3v) is 5.65. The second kappa shape index (κ2) is 8.21. The maximum absolute atomic E-state index is 12.5. The number of benzene rings is 1. The number of hydrogen-bond donors (Lipinski definition) is 1. The molecule has 0 unspecified atom stereocenters. The molecule has 1 aromatic heterocycles. The Bertz CT molecular complexity index is 719. The maximum Gasteiger partial charge on any atom is 0.254 e. The van der Waals surface area contributed by atoms with Crippen LogP contribution in [0.2, 0.25) is 0 Å². The summed E-state index contributed by atoms with van der Waals surface area (Å²) in [5.74, 6) is 0.181. The van der Waals surface area contributed by atoms with Gasteiger partial charge in [-0.2, -0.15) is 11.3 Å². The lowest BCUT2D eigenvalue weighted by Gasteiger charge is -2.22. The molecule has 2 aromatic rings. The molecular formula is C19H24ClN3OS. The van der Waals surface area contributed by atoms with E-state index in [4.69, 9.17) is 0 Å². The first-order chi connectivity index (χ1) is 11.8. The number of carbonyl (C=O) groups excluding carboxylic acids is 1. The molecule has 0 bridgehead atoms. The van der Waals surface area contributed by atoms with Crippen molar-refractivity contribution in [1.82, 2.24) is 9.80 Å². The van der Waals surface area contributed by atoms with Crippen molar-refractivity contribution in [3.8, 4) is 0 Å². The lowest BCUT2D eigenvalue weighted by atomic mass is 10.1. The molecule has 2 aliphatic heterocycles. The summed E-state index contributed by atoms with van der Waals surface area (Å²) in [5.41, 5.74) is 5.01. The monoisotopic (exact) mass is 377 g/mol. The van der Waals surface area contributed by atoms with Crippen LogP contribution in [-0.2, 0) is 13.0 Å². The van der Waals surface area contributed by atoms with Gasteiger partial charge >= 0.3 is 0 Å². The SMILES string of the molecule is Cl.O=C(c1ccsc1)N1CCCN(Cc2cccc3c2NCC3)CC1. The molecule has 25 heavy (non-hydrogen) atoms. The molecule has 4 rings (SSSR count).